The third-order valence-electron chi connectivity index (χ3n) is 3.73. The Labute approximate surface area is 115 Å². The highest BCUT2D eigenvalue weighted by atomic mass is 16.3. The van der Waals surface area contributed by atoms with E-state index >= 15 is 0 Å². The Morgan fingerprint density at radius 1 is 1.30 bits per heavy atom. The van der Waals surface area contributed by atoms with Gasteiger partial charge in [-0.15, -0.1) is 0 Å². The predicted molar refractivity (Wildman–Crippen MR) is 69.6 cm³/mol. The summed E-state index contributed by atoms with van der Waals surface area (Å²) in [7, 11) is 0. The molecular weight excluding hydrogens is 262 g/mol. The van der Waals surface area contributed by atoms with E-state index in [1.165, 1.54) is 12.1 Å². The lowest BCUT2D eigenvalue weighted by Gasteiger charge is -2.36. The van der Waals surface area contributed by atoms with Gasteiger partial charge in [0.15, 0.2) is 0 Å². The van der Waals surface area contributed by atoms with Gasteiger partial charge in [0.1, 0.15) is 11.5 Å². The number of urea groups is 1. The molecular formula is C13H15N3O4. The lowest BCUT2D eigenvalue weighted by atomic mass is 10.1. The lowest BCUT2D eigenvalue weighted by Crippen LogP contribution is -2.53. The SMILES string of the molecule is O=C(c1ccc(O)cc1O)N1CCN2C(=O)NCC2C1. The smallest absolute Gasteiger partial charge is 0.317 e. The Morgan fingerprint density at radius 3 is 2.85 bits per heavy atom. The number of benzene rings is 1. The molecule has 1 unspecified atom stereocenters. The first-order chi connectivity index (χ1) is 9.56. The number of aromatic hydroxyl groups is 2. The van der Waals surface area contributed by atoms with E-state index < -0.39 is 0 Å². The molecule has 1 aromatic carbocycles. The maximum atomic E-state index is 12.4. The van der Waals surface area contributed by atoms with Gasteiger partial charge >= 0.3 is 6.03 Å². The highest BCUT2D eigenvalue weighted by Gasteiger charge is 2.37. The molecule has 2 aliphatic rings. The monoisotopic (exact) mass is 277 g/mol. The van der Waals surface area contributed by atoms with E-state index in [1.54, 1.807) is 9.80 Å². The van der Waals surface area contributed by atoms with Crippen LogP contribution in [-0.2, 0) is 0 Å². The number of rotatable bonds is 1. The number of phenolic OH excluding ortho intramolecular Hbond substituents is 2. The van der Waals surface area contributed by atoms with Crippen molar-refractivity contribution in [2.75, 3.05) is 26.2 Å². The highest BCUT2D eigenvalue weighted by Crippen LogP contribution is 2.25. The van der Waals surface area contributed by atoms with Crippen molar-refractivity contribution in [3.05, 3.63) is 23.8 Å². The third kappa shape index (κ3) is 2.01. The zero-order chi connectivity index (χ0) is 14.3. The second-order valence-corrected chi connectivity index (χ2v) is 4.99. The topological polar surface area (TPSA) is 93.1 Å². The molecule has 1 atom stereocenters. The van der Waals surface area contributed by atoms with Gasteiger partial charge in [-0.25, -0.2) is 4.79 Å². The zero-order valence-electron chi connectivity index (χ0n) is 10.7. The molecule has 20 heavy (non-hydrogen) atoms. The summed E-state index contributed by atoms with van der Waals surface area (Å²) in [6.45, 7) is 1.90. The number of hydrogen-bond acceptors (Lipinski definition) is 4. The standard InChI is InChI=1S/C13H15N3O4/c17-9-1-2-10(11(18)5-9)12(19)15-3-4-16-8(7-15)6-14-13(16)20/h1-2,5,8,17-18H,3-4,6-7H2,(H,14,20). The maximum Gasteiger partial charge on any atom is 0.317 e. The van der Waals surface area contributed by atoms with E-state index in [1.807, 2.05) is 0 Å². The Balaban J connectivity index is 1.77. The molecule has 3 amide bonds. The number of nitrogens with zero attached hydrogens (tertiary/aromatic N) is 2. The molecule has 7 nitrogen and oxygen atoms in total. The van der Waals surface area contributed by atoms with Crippen LogP contribution in [0.15, 0.2) is 18.2 Å². The molecule has 0 radical (unpaired) electrons. The average molecular weight is 277 g/mol. The minimum atomic E-state index is -0.290. The number of carbonyl (C=O) groups is 2. The number of amides is 3. The molecule has 0 aliphatic carbocycles. The van der Waals surface area contributed by atoms with Gasteiger partial charge in [0.05, 0.1) is 11.6 Å². The normalized spacial score (nSPS) is 21.6. The number of hydrogen-bond donors (Lipinski definition) is 3. The van der Waals surface area contributed by atoms with Crippen molar-refractivity contribution in [3.63, 3.8) is 0 Å². The number of carbonyl (C=O) groups excluding carboxylic acids is 2. The molecule has 0 bridgehead atoms. The zero-order valence-corrected chi connectivity index (χ0v) is 10.7. The second kappa shape index (κ2) is 4.59. The number of piperazine rings is 1. The van der Waals surface area contributed by atoms with Gasteiger partial charge < -0.3 is 25.3 Å². The molecule has 2 aliphatic heterocycles. The third-order valence-corrected chi connectivity index (χ3v) is 3.73. The van der Waals surface area contributed by atoms with Crippen LogP contribution in [0.4, 0.5) is 4.79 Å². The van der Waals surface area contributed by atoms with Crippen molar-refractivity contribution in [2.24, 2.45) is 0 Å². The fourth-order valence-corrected chi connectivity index (χ4v) is 2.66. The molecule has 3 rings (SSSR count). The van der Waals surface area contributed by atoms with Gasteiger partial charge in [-0.1, -0.05) is 0 Å². The summed E-state index contributed by atoms with van der Waals surface area (Å²) < 4.78 is 0. The number of nitrogens with one attached hydrogen (secondary N) is 1. The Kier molecular flexibility index (Phi) is 2.89. The molecule has 3 N–H and O–H groups in total. The molecule has 106 valence electrons. The first-order valence-corrected chi connectivity index (χ1v) is 6.42. The summed E-state index contributed by atoms with van der Waals surface area (Å²) in [5.74, 6) is -0.617. The summed E-state index contributed by atoms with van der Waals surface area (Å²) >= 11 is 0. The van der Waals surface area contributed by atoms with Crippen LogP contribution in [0.5, 0.6) is 11.5 Å². The highest BCUT2D eigenvalue weighted by molar-refractivity contribution is 5.97. The van der Waals surface area contributed by atoms with Crippen molar-refractivity contribution >= 4 is 11.9 Å². The van der Waals surface area contributed by atoms with E-state index in [9.17, 15) is 19.8 Å². The van der Waals surface area contributed by atoms with Crippen LogP contribution >= 0.6 is 0 Å². The van der Waals surface area contributed by atoms with Gasteiger partial charge in [-0.05, 0) is 12.1 Å². The molecule has 2 fully saturated rings. The molecule has 0 spiro atoms. The van der Waals surface area contributed by atoms with Gasteiger partial charge in [0.25, 0.3) is 5.91 Å². The molecule has 0 saturated carbocycles. The van der Waals surface area contributed by atoms with Crippen LogP contribution in [0.1, 0.15) is 10.4 Å². The average Bonchev–Trinajstić information content (AvgIpc) is 2.79. The van der Waals surface area contributed by atoms with Gasteiger partial charge in [-0.3, -0.25) is 4.79 Å². The first kappa shape index (κ1) is 12.6. The minimum absolute atomic E-state index is 0.0144. The quantitative estimate of drug-likeness (QED) is 0.671. The van der Waals surface area contributed by atoms with Crippen LogP contribution < -0.4 is 5.32 Å². The lowest BCUT2D eigenvalue weighted by molar-refractivity contribution is 0.0614. The van der Waals surface area contributed by atoms with Crippen molar-refractivity contribution in [1.82, 2.24) is 15.1 Å². The van der Waals surface area contributed by atoms with Gasteiger partial charge in [0, 0.05) is 32.2 Å². The fourth-order valence-electron chi connectivity index (χ4n) is 2.66. The summed E-state index contributed by atoms with van der Waals surface area (Å²) in [5.41, 5.74) is 0.161. The first-order valence-electron chi connectivity index (χ1n) is 6.42. The van der Waals surface area contributed by atoms with Crippen LogP contribution in [-0.4, -0.2) is 64.2 Å². The van der Waals surface area contributed by atoms with Gasteiger partial charge in [-0.2, -0.15) is 0 Å². The van der Waals surface area contributed by atoms with Crippen LogP contribution in [0.2, 0.25) is 0 Å². The van der Waals surface area contributed by atoms with E-state index in [-0.39, 0.29) is 35.0 Å². The summed E-state index contributed by atoms with van der Waals surface area (Å²) in [6.07, 6.45) is 0. The van der Waals surface area contributed by atoms with Crippen molar-refractivity contribution in [3.8, 4) is 11.5 Å². The van der Waals surface area contributed by atoms with E-state index in [0.717, 1.165) is 6.07 Å². The Bertz CT molecular complexity index is 575. The molecule has 7 heteroatoms. The number of fused-ring (bicyclic) bond motifs is 1. The van der Waals surface area contributed by atoms with Crippen LogP contribution in [0.3, 0.4) is 0 Å². The van der Waals surface area contributed by atoms with Crippen molar-refractivity contribution in [1.29, 1.82) is 0 Å². The molecule has 1 aromatic rings. The molecule has 0 aromatic heterocycles. The van der Waals surface area contributed by atoms with Crippen LogP contribution in [0, 0.1) is 0 Å². The largest absolute Gasteiger partial charge is 0.508 e. The van der Waals surface area contributed by atoms with E-state index in [2.05, 4.69) is 5.32 Å². The minimum Gasteiger partial charge on any atom is -0.508 e. The maximum absolute atomic E-state index is 12.4. The molecule has 2 heterocycles. The Morgan fingerprint density at radius 2 is 2.10 bits per heavy atom. The number of phenols is 2. The fraction of sp³-hybridized carbons (Fsp3) is 0.385. The molecule has 2 saturated heterocycles. The van der Waals surface area contributed by atoms with Crippen LogP contribution in [0.25, 0.3) is 0 Å². The second-order valence-electron chi connectivity index (χ2n) is 4.99. The van der Waals surface area contributed by atoms with E-state index in [4.69, 9.17) is 0 Å². The van der Waals surface area contributed by atoms with Gasteiger partial charge in [0.2, 0.25) is 0 Å². The van der Waals surface area contributed by atoms with E-state index in [0.29, 0.717) is 26.2 Å². The Hall–Kier alpha value is -2.44. The predicted octanol–water partition coefficient (Wildman–Crippen LogP) is -0.0526. The van der Waals surface area contributed by atoms with Crippen molar-refractivity contribution < 1.29 is 19.8 Å². The van der Waals surface area contributed by atoms with Crippen molar-refractivity contribution in [2.45, 2.75) is 6.04 Å². The summed E-state index contributed by atoms with van der Waals surface area (Å²) in [5, 5.41) is 21.7. The summed E-state index contributed by atoms with van der Waals surface area (Å²) in [4.78, 5) is 27.2. The summed E-state index contributed by atoms with van der Waals surface area (Å²) in [6, 6.07) is 3.81.